The van der Waals surface area contributed by atoms with Gasteiger partial charge in [-0.25, -0.2) is 4.98 Å². The number of aromatic nitrogens is 2. The molecule has 0 aliphatic rings. The minimum atomic E-state index is 0.551. The Balaban J connectivity index is 2.75. The lowest BCUT2D eigenvalue weighted by atomic mass is 10.3. The zero-order valence-electron chi connectivity index (χ0n) is 6.04. The van der Waals surface area contributed by atoms with E-state index in [1.54, 1.807) is 6.07 Å². The van der Waals surface area contributed by atoms with Crippen molar-refractivity contribution in [2.75, 3.05) is 0 Å². The Kier molecular flexibility index (Phi) is 1.69. The van der Waals surface area contributed by atoms with Crippen LogP contribution < -0.4 is 0 Å². The van der Waals surface area contributed by atoms with E-state index in [2.05, 4.69) is 25.9 Å². The van der Waals surface area contributed by atoms with Gasteiger partial charge in [0.1, 0.15) is 10.3 Å². The van der Waals surface area contributed by atoms with Crippen LogP contribution in [0.25, 0.3) is 11.0 Å². The summed E-state index contributed by atoms with van der Waals surface area (Å²) in [6.07, 6.45) is 0.773. The number of carbonyl (C=O) groups is 1. The molecule has 3 nitrogen and oxygen atoms in total. The van der Waals surface area contributed by atoms with Crippen molar-refractivity contribution in [2.24, 2.45) is 0 Å². The van der Waals surface area contributed by atoms with Crippen molar-refractivity contribution in [1.29, 1.82) is 0 Å². The molecule has 0 aromatic carbocycles. The summed E-state index contributed by atoms with van der Waals surface area (Å²) in [6.45, 7) is 0. The first kappa shape index (κ1) is 7.49. The summed E-state index contributed by atoms with van der Waals surface area (Å²) in [5, 5.41) is 0.945. The molecule has 0 spiro atoms. The lowest BCUT2D eigenvalue weighted by Crippen LogP contribution is -1.78. The summed E-state index contributed by atoms with van der Waals surface area (Å²) in [7, 11) is 0. The molecule has 12 heavy (non-hydrogen) atoms. The SMILES string of the molecule is O=Cc1cc2ccc(Br)nc2[nH]1. The third-order valence-corrected chi connectivity index (χ3v) is 2.03. The van der Waals surface area contributed by atoms with E-state index in [0.29, 0.717) is 5.69 Å². The second-order valence-corrected chi connectivity index (χ2v) is 3.23. The Morgan fingerprint density at radius 3 is 3.08 bits per heavy atom. The topological polar surface area (TPSA) is 45.8 Å². The molecule has 1 N–H and O–H groups in total. The zero-order chi connectivity index (χ0) is 8.55. The van der Waals surface area contributed by atoms with E-state index >= 15 is 0 Å². The van der Waals surface area contributed by atoms with Crippen molar-refractivity contribution in [3.8, 4) is 0 Å². The molecule has 2 heterocycles. The van der Waals surface area contributed by atoms with E-state index < -0.39 is 0 Å². The van der Waals surface area contributed by atoms with E-state index in [9.17, 15) is 4.79 Å². The first-order valence-electron chi connectivity index (χ1n) is 3.40. The van der Waals surface area contributed by atoms with Gasteiger partial charge in [-0.15, -0.1) is 0 Å². The molecule has 0 aliphatic heterocycles. The second-order valence-electron chi connectivity index (χ2n) is 2.41. The number of aromatic amines is 1. The summed E-state index contributed by atoms with van der Waals surface area (Å²) in [5.41, 5.74) is 1.28. The fourth-order valence-corrected chi connectivity index (χ4v) is 1.38. The lowest BCUT2D eigenvalue weighted by molar-refractivity contribution is 0.112. The Labute approximate surface area is 76.9 Å². The quantitative estimate of drug-likeness (QED) is 0.596. The monoisotopic (exact) mass is 224 g/mol. The van der Waals surface area contributed by atoms with Crippen LogP contribution in [0, 0.1) is 0 Å². The van der Waals surface area contributed by atoms with Gasteiger partial charge >= 0.3 is 0 Å². The van der Waals surface area contributed by atoms with Crippen molar-refractivity contribution in [1.82, 2.24) is 9.97 Å². The van der Waals surface area contributed by atoms with Crippen LogP contribution in [0.3, 0.4) is 0 Å². The highest BCUT2D eigenvalue weighted by atomic mass is 79.9. The van der Waals surface area contributed by atoms with Gasteiger partial charge in [0, 0.05) is 5.39 Å². The molecule has 0 atom stereocenters. The van der Waals surface area contributed by atoms with Crippen LogP contribution in [0.15, 0.2) is 22.8 Å². The highest BCUT2D eigenvalue weighted by Gasteiger charge is 2.00. The standard InChI is InChI=1S/C8H5BrN2O/c9-7-2-1-5-3-6(4-12)10-8(5)11-7/h1-4H,(H,10,11). The van der Waals surface area contributed by atoms with Crippen molar-refractivity contribution >= 4 is 33.2 Å². The van der Waals surface area contributed by atoms with E-state index in [0.717, 1.165) is 21.9 Å². The van der Waals surface area contributed by atoms with E-state index in [4.69, 9.17) is 0 Å². The molecule has 0 aliphatic carbocycles. The van der Waals surface area contributed by atoms with Crippen molar-refractivity contribution in [2.45, 2.75) is 0 Å². The molecule has 0 amide bonds. The average Bonchev–Trinajstić information content (AvgIpc) is 2.46. The van der Waals surface area contributed by atoms with E-state index in [1.807, 2.05) is 12.1 Å². The van der Waals surface area contributed by atoms with Crippen LogP contribution in [0.2, 0.25) is 0 Å². The van der Waals surface area contributed by atoms with Gasteiger partial charge in [-0.3, -0.25) is 4.79 Å². The third-order valence-electron chi connectivity index (χ3n) is 1.59. The molecule has 0 radical (unpaired) electrons. The number of rotatable bonds is 1. The molecule has 0 saturated heterocycles. The number of hydrogen-bond acceptors (Lipinski definition) is 2. The lowest BCUT2D eigenvalue weighted by Gasteiger charge is -1.88. The van der Waals surface area contributed by atoms with Crippen molar-refractivity contribution < 1.29 is 4.79 Å². The van der Waals surface area contributed by atoms with Gasteiger partial charge in [0.2, 0.25) is 0 Å². The van der Waals surface area contributed by atoms with Gasteiger partial charge in [0.05, 0.1) is 5.69 Å². The highest BCUT2D eigenvalue weighted by Crippen LogP contribution is 2.15. The molecule has 0 bridgehead atoms. The maximum absolute atomic E-state index is 10.4. The molecule has 60 valence electrons. The smallest absolute Gasteiger partial charge is 0.166 e. The van der Waals surface area contributed by atoms with Crippen molar-refractivity contribution in [3.05, 3.63) is 28.5 Å². The number of pyridine rings is 1. The first-order chi connectivity index (χ1) is 5.79. The predicted octanol–water partition coefficient (Wildman–Crippen LogP) is 2.14. The van der Waals surface area contributed by atoms with Gasteiger partial charge in [-0.05, 0) is 34.1 Å². The van der Waals surface area contributed by atoms with Crippen molar-refractivity contribution in [3.63, 3.8) is 0 Å². The van der Waals surface area contributed by atoms with Gasteiger partial charge < -0.3 is 4.98 Å². The largest absolute Gasteiger partial charge is 0.337 e. The Morgan fingerprint density at radius 2 is 2.33 bits per heavy atom. The number of aldehydes is 1. The van der Waals surface area contributed by atoms with Gasteiger partial charge in [0.25, 0.3) is 0 Å². The summed E-state index contributed by atoms with van der Waals surface area (Å²) < 4.78 is 0.759. The number of H-pyrrole nitrogens is 1. The van der Waals surface area contributed by atoms with Gasteiger partial charge in [-0.1, -0.05) is 0 Å². The molecule has 2 aromatic rings. The second kappa shape index (κ2) is 2.71. The molecule has 0 saturated carbocycles. The normalized spacial score (nSPS) is 10.4. The summed E-state index contributed by atoms with van der Waals surface area (Å²) in [6, 6.07) is 5.50. The number of halogens is 1. The first-order valence-corrected chi connectivity index (χ1v) is 4.19. The highest BCUT2D eigenvalue weighted by molar-refractivity contribution is 9.10. The van der Waals surface area contributed by atoms with Crippen LogP contribution in [-0.2, 0) is 0 Å². The van der Waals surface area contributed by atoms with E-state index in [-0.39, 0.29) is 0 Å². The minimum absolute atomic E-state index is 0.551. The maximum Gasteiger partial charge on any atom is 0.166 e. The molecule has 0 unspecified atom stereocenters. The van der Waals surface area contributed by atoms with Crippen LogP contribution >= 0.6 is 15.9 Å². The molecule has 2 rings (SSSR count). The summed E-state index contributed by atoms with van der Waals surface area (Å²) in [5.74, 6) is 0. The number of nitrogens with one attached hydrogen (secondary N) is 1. The molecule has 2 aromatic heterocycles. The molecule has 4 heteroatoms. The zero-order valence-corrected chi connectivity index (χ0v) is 7.63. The number of hydrogen-bond donors (Lipinski definition) is 1. The summed E-state index contributed by atoms with van der Waals surface area (Å²) >= 11 is 3.24. The predicted molar refractivity (Wildman–Crippen MR) is 49.2 cm³/mol. The Hall–Kier alpha value is -1.16. The fourth-order valence-electron chi connectivity index (χ4n) is 1.07. The van der Waals surface area contributed by atoms with Gasteiger partial charge in [0.15, 0.2) is 6.29 Å². The van der Waals surface area contributed by atoms with Crippen LogP contribution in [0.4, 0.5) is 0 Å². The van der Waals surface area contributed by atoms with Crippen LogP contribution in [-0.4, -0.2) is 16.3 Å². The van der Waals surface area contributed by atoms with Crippen LogP contribution in [0.5, 0.6) is 0 Å². The Bertz CT molecular complexity index is 436. The molecular weight excluding hydrogens is 220 g/mol. The average molecular weight is 225 g/mol. The Morgan fingerprint density at radius 1 is 1.50 bits per heavy atom. The molecular formula is C8H5BrN2O. The van der Waals surface area contributed by atoms with E-state index in [1.165, 1.54) is 0 Å². The van der Waals surface area contributed by atoms with Crippen LogP contribution in [0.1, 0.15) is 10.5 Å². The third kappa shape index (κ3) is 1.14. The maximum atomic E-state index is 10.4. The number of fused-ring (bicyclic) bond motifs is 1. The summed E-state index contributed by atoms with van der Waals surface area (Å²) in [4.78, 5) is 17.4. The van der Waals surface area contributed by atoms with Gasteiger partial charge in [-0.2, -0.15) is 0 Å². The molecule has 0 fully saturated rings. The minimum Gasteiger partial charge on any atom is -0.337 e. The fraction of sp³-hybridized carbons (Fsp3) is 0. The number of carbonyl (C=O) groups excluding carboxylic acids is 1. The number of nitrogens with zero attached hydrogens (tertiary/aromatic N) is 1.